The third-order valence-electron chi connectivity index (χ3n) is 4.31. The van der Waals surface area contributed by atoms with Gasteiger partial charge in [0.15, 0.2) is 0 Å². The third-order valence-corrected chi connectivity index (χ3v) is 4.31. The van der Waals surface area contributed by atoms with Gasteiger partial charge in [-0.1, -0.05) is 24.3 Å². The van der Waals surface area contributed by atoms with Gasteiger partial charge in [-0.2, -0.15) is 5.10 Å². The predicted octanol–water partition coefficient (Wildman–Crippen LogP) is 3.30. The largest absolute Gasteiger partial charge is 0.352 e. The summed E-state index contributed by atoms with van der Waals surface area (Å²) in [5.41, 5.74) is 3.74. The fraction of sp³-hybridized carbons (Fsp3) is 0.0909. The van der Waals surface area contributed by atoms with E-state index in [9.17, 15) is 4.79 Å². The van der Waals surface area contributed by atoms with E-state index >= 15 is 0 Å². The summed E-state index contributed by atoms with van der Waals surface area (Å²) < 4.78 is 1.72. The summed E-state index contributed by atoms with van der Waals surface area (Å²) in [6, 6.07) is 19.2. The Morgan fingerprint density at radius 1 is 0.964 bits per heavy atom. The lowest BCUT2D eigenvalue weighted by Crippen LogP contribution is -2.26. The molecule has 28 heavy (non-hydrogen) atoms. The molecule has 0 aliphatic carbocycles. The molecular formula is C22H19N5O. The normalized spacial score (nSPS) is 10.6. The average molecular weight is 369 g/mol. The van der Waals surface area contributed by atoms with Crippen molar-refractivity contribution in [3.8, 4) is 16.9 Å². The Kier molecular flexibility index (Phi) is 5.20. The highest BCUT2D eigenvalue weighted by molar-refractivity contribution is 5.99. The maximum absolute atomic E-state index is 12.9. The van der Waals surface area contributed by atoms with Crippen LogP contribution in [0.25, 0.3) is 16.9 Å². The first-order valence-electron chi connectivity index (χ1n) is 9.05. The molecule has 1 amide bonds. The van der Waals surface area contributed by atoms with Crippen LogP contribution in [0.2, 0.25) is 0 Å². The molecule has 0 bridgehead atoms. The first-order chi connectivity index (χ1) is 13.8. The zero-order valence-corrected chi connectivity index (χ0v) is 15.2. The standard InChI is InChI=1S/C22H19N5O/c28-22(25-14-11-18-8-4-5-13-24-18)20-16-27(19-9-2-1-3-10-19)26-21(20)17-7-6-12-23-15-17/h1-10,12-13,15-16H,11,14H2,(H,25,28). The van der Waals surface area contributed by atoms with Crippen LogP contribution in [-0.2, 0) is 6.42 Å². The van der Waals surface area contributed by atoms with E-state index in [-0.39, 0.29) is 5.91 Å². The van der Waals surface area contributed by atoms with Crippen LogP contribution in [-0.4, -0.2) is 32.2 Å². The van der Waals surface area contributed by atoms with Gasteiger partial charge in [0, 0.05) is 49.0 Å². The van der Waals surface area contributed by atoms with Crippen LogP contribution in [0, 0.1) is 0 Å². The molecule has 6 heteroatoms. The fourth-order valence-electron chi connectivity index (χ4n) is 2.91. The summed E-state index contributed by atoms with van der Waals surface area (Å²) in [5.74, 6) is -0.169. The fourth-order valence-corrected chi connectivity index (χ4v) is 2.91. The molecule has 3 heterocycles. The lowest BCUT2D eigenvalue weighted by atomic mass is 10.1. The van der Waals surface area contributed by atoms with Crippen molar-refractivity contribution in [3.05, 3.63) is 96.7 Å². The van der Waals surface area contributed by atoms with E-state index in [0.29, 0.717) is 24.2 Å². The summed E-state index contributed by atoms with van der Waals surface area (Å²) in [6.45, 7) is 0.499. The molecule has 138 valence electrons. The number of amides is 1. The number of benzene rings is 1. The second-order valence-electron chi connectivity index (χ2n) is 6.24. The Labute approximate surface area is 162 Å². The van der Waals surface area contributed by atoms with Crippen LogP contribution in [0.1, 0.15) is 16.1 Å². The Hall–Kier alpha value is -3.80. The number of hydrogen-bond acceptors (Lipinski definition) is 4. The van der Waals surface area contributed by atoms with E-state index in [2.05, 4.69) is 20.4 Å². The number of aromatic nitrogens is 4. The number of para-hydroxylation sites is 1. The van der Waals surface area contributed by atoms with Crippen molar-refractivity contribution in [2.75, 3.05) is 6.54 Å². The van der Waals surface area contributed by atoms with Gasteiger partial charge in [0.2, 0.25) is 0 Å². The van der Waals surface area contributed by atoms with Crippen LogP contribution < -0.4 is 5.32 Å². The predicted molar refractivity (Wildman–Crippen MR) is 107 cm³/mol. The van der Waals surface area contributed by atoms with Crippen molar-refractivity contribution in [3.63, 3.8) is 0 Å². The van der Waals surface area contributed by atoms with Gasteiger partial charge >= 0.3 is 0 Å². The van der Waals surface area contributed by atoms with Gasteiger partial charge in [0.05, 0.1) is 11.3 Å². The molecule has 0 spiro atoms. The van der Waals surface area contributed by atoms with E-state index in [1.165, 1.54) is 0 Å². The van der Waals surface area contributed by atoms with Gasteiger partial charge in [-0.25, -0.2) is 4.68 Å². The number of carbonyl (C=O) groups is 1. The van der Waals surface area contributed by atoms with Gasteiger partial charge < -0.3 is 5.32 Å². The van der Waals surface area contributed by atoms with Crippen molar-refractivity contribution in [2.45, 2.75) is 6.42 Å². The van der Waals surface area contributed by atoms with Crippen LogP contribution in [0.5, 0.6) is 0 Å². The van der Waals surface area contributed by atoms with Gasteiger partial charge in [-0.05, 0) is 36.4 Å². The molecule has 0 fully saturated rings. The first-order valence-corrected chi connectivity index (χ1v) is 9.05. The molecule has 3 aromatic heterocycles. The Morgan fingerprint density at radius 3 is 2.57 bits per heavy atom. The molecule has 4 aromatic rings. The van der Waals surface area contributed by atoms with Crippen molar-refractivity contribution in [2.24, 2.45) is 0 Å². The first kappa shape index (κ1) is 17.6. The Morgan fingerprint density at radius 2 is 1.82 bits per heavy atom. The zero-order valence-electron chi connectivity index (χ0n) is 15.2. The number of nitrogens with zero attached hydrogens (tertiary/aromatic N) is 4. The molecule has 0 unspecified atom stereocenters. The third kappa shape index (κ3) is 3.96. The van der Waals surface area contributed by atoms with Crippen molar-refractivity contribution in [1.82, 2.24) is 25.1 Å². The zero-order chi connectivity index (χ0) is 19.2. The van der Waals surface area contributed by atoms with E-state index in [1.807, 2.05) is 60.7 Å². The minimum Gasteiger partial charge on any atom is -0.352 e. The Bertz CT molecular complexity index is 1050. The summed E-state index contributed by atoms with van der Waals surface area (Å²) in [7, 11) is 0. The van der Waals surface area contributed by atoms with Crippen molar-refractivity contribution in [1.29, 1.82) is 0 Å². The smallest absolute Gasteiger partial charge is 0.255 e. The van der Waals surface area contributed by atoms with Crippen LogP contribution in [0.15, 0.2) is 85.5 Å². The summed E-state index contributed by atoms with van der Waals surface area (Å²) in [6.07, 6.45) is 7.59. The molecule has 0 saturated heterocycles. The van der Waals surface area contributed by atoms with Crippen LogP contribution >= 0.6 is 0 Å². The van der Waals surface area contributed by atoms with Crippen LogP contribution in [0.3, 0.4) is 0 Å². The van der Waals surface area contributed by atoms with E-state index in [1.54, 1.807) is 29.5 Å². The summed E-state index contributed by atoms with van der Waals surface area (Å²) >= 11 is 0. The highest BCUT2D eigenvalue weighted by atomic mass is 16.1. The van der Waals surface area contributed by atoms with E-state index in [4.69, 9.17) is 0 Å². The number of hydrogen-bond donors (Lipinski definition) is 1. The minimum absolute atomic E-state index is 0.169. The molecular weight excluding hydrogens is 350 g/mol. The minimum atomic E-state index is -0.169. The topological polar surface area (TPSA) is 72.7 Å². The lowest BCUT2D eigenvalue weighted by molar-refractivity contribution is 0.0954. The molecule has 0 aliphatic heterocycles. The monoisotopic (exact) mass is 369 g/mol. The molecule has 4 rings (SSSR count). The highest BCUT2D eigenvalue weighted by Crippen LogP contribution is 2.23. The molecule has 0 aliphatic rings. The average Bonchev–Trinajstić information content (AvgIpc) is 3.21. The van der Waals surface area contributed by atoms with Gasteiger partial charge in [-0.3, -0.25) is 14.8 Å². The molecule has 6 nitrogen and oxygen atoms in total. The van der Waals surface area contributed by atoms with Crippen molar-refractivity contribution < 1.29 is 4.79 Å². The number of rotatable bonds is 6. The van der Waals surface area contributed by atoms with E-state index in [0.717, 1.165) is 16.9 Å². The molecule has 0 atom stereocenters. The molecule has 1 N–H and O–H groups in total. The van der Waals surface area contributed by atoms with Gasteiger partial charge in [-0.15, -0.1) is 0 Å². The van der Waals surface area contributed by atoms with Gasteiger partial charge in [0.25, 0.3) is 5.91 Å². The number of pyridine rings is 2. The van der Waals surface area contributed by atoms with Crippen molar-refractivity contribution >= 4 is 5.91 Å². The second kappa shape index (κ2) is 8.26. The van der Waals surface area contributed by atoms with Crippen LogP contribution in [0.4, 0.5) is 0 Å². The number of carbonyl (C=O) groups excluding carboxylic acids is 1. The highest BCUT2D eigenvalue weighted by Gasteiger charge is 2.18. The molecule has 0 saturated carbocycles. The quantitative estimate of drug-likeness (QED) is 0.566. The summed E-state index contributed by atoms with van der Waals surface area (Å²) in [5, 5.41) is 7.61. The molecule has 1 aromatic carbocycles. The Balaban J connectivity index is 1.59. The lowest BCUT2D eigenvalue weighted by Gasteiger charge is -2.05. The molecule has 0 radical (unpaired) electrons. The SMILES string of the molecule is O=C(NCCc1ccccn1)c1cn(-c2ccccc2)nc1-c1cccnc1. The second-order valence-corrected chi connectivity index (χ2v) is 6.24. The maximum Gasteiger partial charge on any atom is 0.255 e. The maximum atomic E-state index is 12.9. The number of nitrogens with one attached hydrogen (secondary N) is 1. The summed E-state index contributed by atoms with van der Waals surface area (Å²) in [4.78, 5) is 21.3. The van der Waals surface area contributed by atoms with Gasteiger partial charge in [0.1, 0.15) is 5.69 Å². The van der Waals surface area contributed by atoms with E-state index < -0.39 is 0 Å².